The molecule has 0 aliphatic rings. The highest BCUT2D eigenvalue weighted by atomic mass is 79.9. The molecule has 6 heteroatoms. The normalized spacial score (nSPS) is 11.4. The molecule has 0 bridgehead atoms. The minimum atomic E-state index is -3.22. The molecule has 0 spiro atoms. The van der Waals surface area contributed by atoms with Gasteiger partial charge in [-0.3, -0.25) is 14.1 Å². The van der Waals surface area contributed by atoms with Gasteiger partial charge in [0.25, 0.3) is 0 Å². The minimum Gasteiger partial charge on any atom is -0.293 e. The second-order valence-corrected chi connectivity index (χ2v) is 5.60. The first-order chi connectivity index (χ1) is 7.59. The van der Waals surface area contributed by atoms with E-state index in [1.54, 1.807) is 26.0 Å². The van der Waals surface area contributed by atoms with E-state index in [9.17, 15) is 4.57 Å². The van der Waals surface area contributed by atoms with E-state index >= 15 is 0 Å². The Morgan fingerprint density at radius 3 is 2.12 bits per heavy atom. The third kappa shape index (κ3) is 4.26. The Bertz CT molecular complexity index is 359. The van der Waals surface area contributed by atoms with Gasteiger partial charge in [-0.15, -0.1) is 0 Å². The topological polar surface area (TPSA) is 47.6 Å². The monoisotopic (exact) mass is 307 g/mol. The molecule has 0 unspecified atom stereocenters. The number of hydrogen-bond donors (Lipinski definition) is 1. The zero-order valence-electron chi connectivity index (χ0n) is 9.27. The van der Waals surface area contributed by atoms with Crippen molar-refractivity contribution in [3.63, 3.8) is 0 Å². The molecular weight excluding hydrogens is 293 g/mol. The number of nitrogens with one attached hydrogen (secondary N) is 1. The van der Waals surface area contributed by atoms with Crippen molar-refractivity contribution >= 4 is 29.4 Å². The summed E-state index contributed by atoms with van der Waals surface area (Å²) in [7, 11) is -3.22. The van der Waals surface area contributed by atoms with E-state index in [-0.39, 0.29) is 0 Å². The fraction of sp³-hybridized carbons (Fsp3) is 0.400. The molecule has 0 aromatic heterocycles. The predicted octanol–water partition coefficient (Wildman–Crippen LogP) is 4.04. The first kappa shape index (κ1) is 13.7. The molecule has 0 radical (unpaired) electrons. The fourth-order valence-electron chi connectivity index (χ4n) is 1.12. The minimum absolute atomic E-state index is 0.334. The van der Waals surface area contributed by atoms with Crippen molar-refractivity contribution in [2.75, 3.05) is 18.3 Å². The van der Waals surface area contributed by atoms with Gasteiger partial charge in [-0.2, -0.15) is 0 Å². The van der Waals surface area contributed by atoms with E-state index in [0.717, 1.165) is 4.47 Å². The molecular formula is C10H15BrNO3P. The average molecular weight is 308 g/mol. The third-order valence-electron chi connectivity index (χ3n) is 1.71. The Morgan fingerprint density at radius 1 is 1.19 bits per heavy atom. The Kier molecular flexibility index (Phi) is 5.49. The smallest absolute Gasteiger partial charge is 0.293 e. The summed E-state index contributed by atoms with van der Waals surface area (Å²) in [6.45, 7) is 4.21. The van der Waals surface area contributed by atoms with Gasteiger partial charge in [0.05, 0.1) is 13.2 Å². The van der Waals surface area contributed by atoms with Crippen LogP contribution >= 0.6 is 23.7 Å². The van der Waals surface area contributed by atoms with Gasteiger partial charge < -0.3 is 0 Å². The van der Waals surface area contributed by atoms with Gasteiger partial charge in [0, 0.05) is 10.2 Å². The lowest BCUT2D eigenvalue weighted by Gasteiger charge is -2.18. The Morgan fingerprint density at radius 2 is 1.69 bits per heavy atom. The molecule has 90 valence electrons. The van der Waals surface area contributed by atoms with E-state index in [1.165, 1.54) is 0 Å². The largest absolute Gasteiger partial charge is 0.432 e. The molecule has 1 aromatic carbocycles. The maximum absolute atomic E-state index is 12.1. The Balaban J connectivity index is 2.75. The van der Waals surface area contributed by atoms with Gasteiger partial charge in [0.15, 0.2) is 0 Å². The van der Waals surface area contributed by atoms with E-state index in [2.05, 4.69) is 21.0 Å². The number of halogens is 1. The lowest BCUT2D eigenvalue weighted by atomic mass is 10.3. The first-order valence-electron chi connectivity index (χ1n) is 5.02. The SMILES string of the molecule is CCOP(=O)(Nc1ccc(Br)cc1)OCC. The van der Waals surface area contributed by atoms with Crippen LogP contribution in [0.4, 0.5) is 5.69 Å². The molecule has 0 amide bonds. The molecule has 0 fully saturated rings. The summed E-state index contributed by atoms with van der Waals surface area (Å²) in [4.78, 5) is 0. The van der Waals surface area contributed by atoms with Crippen LogP contribution in [0.1, 0.15) is 13.8 Å². The van der Waals surface area contributed by atoms with E-state index in [0.29, 0.717) is 18.9 Å². The lowest BCUT2D eigenvalue weighted by Crippen LogP contribution is -2.04. The summed E-state index contributed by atoms with van der Waals surface area (Å²) in [6.07, 6.45) is 0. The number of rotatable bonds is 6. The predicted molar refractivity (Wildman–Crippen MR) is 68.6 cm³/mol. The third-order valence-corrected chi connectivity index (χ3v) is 3.97. The van der Waals surface area contributed by atoms with Crippen molar-refractivity contribution in [3.8, 4) is 0 Å². The van der Waals surface area contributed by atoms with Crippen LogP contribution in [-0.4, -0.2) is 13.2 Å². The molecule has 1 rings (SSSR count). The van der Waals surface area contributed by atoms with E-state index in [1.807, 2.05) is 12.1 Å². The molecule has 16 heavy (non-hydrogen) atoms. The number of hydrogen-bond acceptors (Lipinski definition) is 3. The van der Waals surface area contributed by atoms with Gasteiger partial charge in [0.1, 0.15) is 0 Å². The summed E-state index contributed by atoms with van der Waals surface area (Å²) >= 11 is 3.33. The second kappa shape index (κ2) is 6.40. The molecule has 1 aromatic rings. The van der Waals surface area contributed by atoms with Crippen LogP contribution in [0.25, 0.3) is 0 Å². The highest BCUT2D eigenvalue weighted by Gasteiger charge is 2.23. The Hall–Kier alpha value is -0.350. The molecule has 0 heterocycles. The van der Waals surface area contributed by atoms with Crippen LogP contribution in [0.15, 0.2) is 28.7 Å². The standard InChI is InChI=1S/C10H15BrNO3P/c1-3-14-16(13,15-4-2)12-10-7-5-9(11)6-8-10/h5-8H,3-4H2,1-2H3,(H,12,13). The van der Waals surface area contributed by atoms with Crippen molar-refractivity contribution in [1.29, 1.82) is 0 Å². The number of benzene rings is 1. The highest BCUT2D eigenvalue weighted by Crippen LogP contribution is 2.47. The summed E-state index contributed by atoms with van der Waals surface area (Å²) in [5.74, 6) is 0. The lowest BCUT2D eigenvalue weighted by molar-refractivity contribution is 0.225. The van der Waals surface area contributed by atoms with Crippen LogP contribution in [-0.2, 0) is 13.6 Å². The zero-order chi connectivity index (χ0) is 12.0. The average Bonchev–Trinajstić information content (AvgIpc) is 2.22. The molecule has 0 saturated carbocycles. The zero-order valence-corrected chi connectivity index (χ0v) is 11.8. The van der Waals surface area contributed by atoms with Crippen molar-refractivity contribution in [1.82, 2.24) is 0 Å². The molecule has 0 aliphatic heterocycles. The molecule has 1 N–H and O–H groups in total. The summed E-state index contributed by atoms with van der Waals surface area (Å²) in [5.41, 5.74) is 0.702. The fourth-order valence-corrected chi connectivity index (χ4v) is 2.74. The van der Waals surface area contributed by atoms with Crippen LogP contribution in [0.5, 0.6) is 0 Å². The molecule has 0 atom stereocenters. The summed E-state index contributed by atoms with van der Waals surface area (Å²) in [6, 6.07) is 7.30. The first-order valence-corrected chi connectivity index (χ1v) is 7.36. The van der Waals surface area contributed by atoms with Gasteiger partial charge in [-0.05, 0) is 38.1 Å². The highest BCUT2D eigenvalue weighted by molar-refractivity contribution is 9.10. The summed E-state index contributed by atoms with van der Waals surface area (Å²) < 4.78 is 23.3. The van der Waals surface area contributed by atoms with Crippen LogP contribution < -0.4 is 5.09 Å². The maximum atomic E-state index is 12.1. The number of anilines is 1. The van der Waals surface area contributed by atoms with Crippen molar-refractivity contribution in [3.05, 3.63) is 28.7 Å². The van der Waals surface area contributed by atoms with Gasteiger partial charge in [0.2, 0.25) is 0 Å². The van der Waals surface area contributed by atoms with E-state index in [4.69, 9.17) is 9.05 Å². The molecule has 4 nitrogen and oxygen atoms in total. The molecule has 0 saturated heterocycles. The van der Waals surface area contributed by atoms with E-state index < -0.39 is 7.75 Å². The molecule has 0 aliphatic carbocycles. The Labute approximate surface area is 104 Å². The second-order valence-electron chi connectivity index (χ2n) is 2.95. The van der Waals surface area contributed by atoms with Crippen molar-refractivity contribution in [2.24, 2.45) is 0 Å². The quantitative estimate of drug-likeness (QED) is 0.806. The van der Waals surface area contributed by atoms with Gasteiger partial charge >= 0.3 is 7.75 Å². The van der Waals surface area contributed by atoms with Crippen LogP contribution in [0, 0.1) is 0 Å². The van der Waals surface area contributed by atoms with Gasteiger partial charge in [-0.1, -0.05) is 15.9 Å². The summed E-state index contributed by atoms with van der Waals surface area (Å²) in [5, 5.41) is 2.77. The van der Waals surface area contributed by atoms with Crippen molar-refractivity contribution in [2.45, 2.75) is 13.8 Å². The van der Waals surface area contributed by atoms with Crippen molar-refractivity contribution < 1.29 is 13.6 Å². The van der Waals surface area contributed by atoms with Crippen LogP contribution in [0.2, 0.25) is 0 Å². The maximum Gasteiger partial charge on any atom is 0.432 e. The van der Waals surface area contributed by atoms with Gasteiger partial charge in [-0.25, -0.2) is 4.57 Å². The van der Waals surface area contributed by atoms with Crippen LogP contribution in [0.3, 0.4) is 0 Å².